The molecule has 5 nitrogen and oxygen atoms in total. The van der Waals surface area contributed by atoms with Crippen LogP contribution < -0.4 is 11.1 Å². The van der Waals surface area contributed by atoms with Gasteiger partial charge in [-0.05, 0) is 18.4 Å². The van der Waals surface area contributed by atoms with Crippen LogP contribution in [-0.2, 0) is 11.3 Å². The van der Waals surface area contributed by atoms with Crippen molar-refractivity contribution in [2.45, 2.75) is 13.5 Å². The molecule has 2 rings (SSSR count). The summed E-state index contributed by atoms with van der Waals surface area (Å²) in [7, 11) is 0. The van der Waals surface area contributed by atoms with E-state index in [-0.39, 0.29) is 29.9 Å². The molecular formula is C12H15IN4OS3. The fraction of sp³-hybridized carbons (Fsp3) is 0.250. The first-order chi connectivity index (χ1) is 9.58. The molecule has 0 aliphatic heterocycles. The number of hydrogen-bond donors (Lipinski definition) is 2. The summed E-state index contributed by atoms with van der Waals surface area (Å²) in [5, 5.41) is 5.90. The first-order valence-corrected chi connectivity index (χ1v) is 8.68. The van der Waals surface area contributed by atoms with Gasteiger partial charge in [0.15, 0.2) is 5.17 Å². The van der Waals surface area contributed by atoms with Gasteiger partial charge in [0.25, 0.3) is 0 Å². The highest BCUT2D eigenvalue weighted by Gasteiger charge is 2.08. The summed E-state index contributed by atoms with van der Waals surface area (Å²) < 4.78 is 0. The van der Waals surface area contributed by atoms with E-state index in [1.165, 1.54) is 30.0 Å². The maximum absolute atomic E-state index is 10.9. The summed E-state index contributed by atoms with van der Waals surface area (Å²) in [5.74, 6) is -0.0298. The summed E-state index contributed by atoms with van der Waals surface area (Å²) in [4.78, 5) is 21.7. The van der Waals surface area contributed by atoms with Gasteiger partial charge in [0, 0.05) is 17.2 Å². The number of carbonyl (C=O) groups excluding carboxylic acids is 1. The van der Waals surface area contributed by atoms with E-state index in [0.29, 0.717) is 16.8 Å². The molecule has 0 aliphatic rings. The fourth-order valence-corrected chi connectivity index (χ4v) is 3.31. The largest absolute Gasteiger partial charge is 0.378 e. The number of aliphatic imine (C=N–C) groups is 1. The highest BCUT2D eigenvalue weighted by Crippen LogP contribution is 2.31. The number of carbonyl (C=O) groups is 1. The molecule has 2 aromatic rings. The number of halogens is 1. The minimum atomic E-state index is -0.0298. The molecule has 21 heavy (non-hydrogen) atoms. The normalized spacial score (nSPS) is 11.0. The van der Waals surface area contributed by atoms with E-state index in [1.807, 2.05) is 23.8 Å². The molecule has 0 aromatic carbocycles. The first kappa shape index (κ1) is 18.4. The molecule has 0 fully saturated rings. The van der Waals surface area contributed by atoms with Gasteiger partial charge in [-0.25, -0.2) is 4.98 Å². The van der Waals surface area contributed by atoms with Gasteiger partial charge in [-0.3, -0.25) is 4.79 Å². The summed E-state index contributed by atoms with van der Waals surface area (Å²) >= 11 is 4.47. The molecule has 0 bridgehead atoms. The second-order valence-electron chi connectivity index (χ2n) is 3.85. The maximum Gasteiger partial charge on any atom is 0.217 e. The minimum Gasteiger partial charge on any atom is -0.378 e. The standard InChI is InChI=1S/C12H14N4OS3.HI/c1-7(17)14-5-8-3-4-10(20-8)9-6-19-12(15-9)16-11(13)18-2;/h3-4,6H,5H2,1-2H3,(H,14,17)(H2,13,15,16);1H. The van der Waals surface area contributed by atoms with Gasteiger partial charge >= 0.3 is 0 Å². The lowest BCUT2D eigenvalue weighted by atomic mass is 10.3. The van der Waals surface area contributed by atoms with Crippen molar-refractivity contribution in [2.75, 3.05) is 6.26 Å². The van der Waals surface area contributed by atoms with Crippen molar-refractivity contribution in [3.8, 4) is 10.6 Å². The van der Waals surface area contributed by atoms with Crippen LogP contribution in [0.1, 0.15) is 11.8 Å². The molecule has 2 aromatic heterocycles. The van der Waals surface area contributed by atoms with Crippen molar-refractivity contribution in [1.82, 2.24) is 10.3 Å². The van der Waals surface area contributed by atoms with E-state index >= 15 is 0 Å². The number of rotatable bonds is 4. The van der Waals surface area contributed by atoms with Crippen molar-refractivity contribution in [3.05, 3.63) is 22.4 Å². The Kier molecular flexibility index (Phi) is 7.63. The Labute approximate surface area is 152 Å². The average Bonchev–Trinajstić information content (AvgIpc) is 3.04. The molecule has 0 aliphatic carbocycles. The number of thiazole rings is 1. The molecule has 0 spiro atoms. The lowest BCUT2D eigenvalue weighted by Crippen LogP contribution is -2.17. The Morgan fingerprint density at radius 1 is 1.52 bits per heavy atom. The second kappa shape index (κ2) is 8.71. The lowest BCUT2D eigenvalue weighted by molar-refractivity contribution is -0.119. The van der Waals surface area contributed by atoms with Gasteiger partial charge in [0.2, 0.25) is 11.0 Å². The Balaban J connectivity index is 0.00000220. The van der Waals surface area contributed by atoms with Crippen molar-refractivity contribution in [2.24, 2.45) is 10.7 Å². The number of aromatic nitrogens is 1. The third kappa shape index (κ3) is 5.57. The summed E-state index contributed by atoms with van der Waals surface area (Å²) in [5.41, 5.74) is 6.56. The number of amidine groups is 1. The zero-order chi connectivity index (χ0) is 14.5. The summed E-state index contributed by atoms with van der Waals surface area (Å²) in [6, 6.07) is 4.00. The van der Waals surface area contributed by atoms with Crippen LogP contribution in [0.25, 0.3) is 10.6 Å². The summed E-state index contributed by atoms with van der Waals surface area (Å²) in [6.07, 6.45) is 1.88. The topological polar surface area (TPSA) is 80.4 Å². The number of hydrogen-bond acceptors (Lipinski definition) is 6. The monoisotopic (exact) mass is 454 g/mol. The minimum absolute atomic E-state index is 0. The van der Waals surface area contributed by atoms with Gasteiger partial charge in [-0.15, -0.1) is 46.7 Å². The third-order valence-electron chi connectivity index (χ3n) is 2.33. The number of nitrogens with one attached hydrogen (secondary N) is 1. The van der Waals surface area contributed by atoms with Crippen LogP contribution in [0.2, 0.25) is 0 Å². The number of thioether (sulfide) groups is 1. The predicted octanol–water partition coefficient (Wildman–Crippen LogP) is 3.43. The molecule has 3 N–H and O–H groups in total. The van der Waals surface area contributed by atoms with Crippen molar-refractivity contribution in [1.29, 1.82) is 0 Å². The average molecular weight is 454 g/mol. The van der Waals surface area contributed by atoms with Crippen LogP contribution in [0.4, 0.5) is 5.13 Å². The van der Waals surface area contributed by atoms with E-state index in [2.05, 4.69) is 15.3 Å². The quantitative estimate of drug-likeness (QED) is 0.422. The smallest absolute Gasteiger partial charge is 0.217 e. The molecule has 114 valence electrons. The predicted molar refractivity (Wildman–Crippen MR) is 103 cm³/mol. The molecule has 0 unspecified atom stereocenters. The summed E-state index contributed by atoms with van der Waals surface area (Å²) in [6.45, 7) is 2.06. The maximum atomic E-state index is 10.9. The van der Waals surface area contributed by atoms with E-state index in [1.54, 1.807) is 11.3 Å². The van der Waals surface area contributed by atoms with E-state index in [9.17, 15) is 4.79 Å². The molecule has 0 saturated heterocycles. The Hall–Kier alpha value is -0.650. The Morgan fingerprint density at radius 3 is 2.95 bits per heavy atom. The molecule has 9 heteroatoms. The third-order valence-corrected chi connectivity index (χ3v) is 4.68. The number of nitrogens with two attached hydrogens (primary N) is 1. The van der Waals surface area contributed by atoms with Crippen LogP contribution in [0.3, 0.4) is 0 Å². The van der Waals surface area contributed by atoms with Crippen LogP contribution in [0.15, 0.2) is 22.5 Å². The van der Waals surface area contributed by atoms with Gasteiger partial charge in [-0.2, -0.15) is 4.99 Å². The van der Waals surface area contributed by atoms with Crippen molar-refractivity contribution >= 4 is 74.6 Å². The Morgan fingerprint density at radius 2 is 2.29 bits per heavy atom. The number of nitrogens with zero attached hydrogens (tertiary/aromatic N) is 2. The second-order valence-corrected chi connectivity index (χ2v) is 6.68. The number of thiophene rings is 1. The lowest BCUT2D eigenvalue weighted by Gasteiger charge is -1.97. The number of amides is 1. The SMILES string of the molecule is CS/C(N)=N/c1nc(-c2ccc(CNC(C)=O)s2)cs1.I. The van der Waals surface area contributed by atoms with Crippen LogP contribution in [-0.4, -0.2) is 22.3 Å². The van der Waals surface area contributed by atoms with Crippen molar-refractivity contribution < 1.29 is 4.79 Å². The first-order valence-electron chi connectivity index (χ1n) is 5.75. The molecule has 1 amide bonds. The Bertz CT molecular complexity index is 638. The van der Waals surface area contributed by atoms with Crippen LogP contribution in [0.5, 0.6) is 0 Å². The molecular weight excluding hydrogens is 439 g/mol. The zero-order valence-corrected chi connectivity index (χ0v) is 16.2. The van der Waals surface area contributed by atoms with E-state index in [4.69, 9.17) is 5.73 Å². The van der Waals surface area contributed by atoms with Crippen LogP contribution in [0, 0.1) is 0 Å². The molecule has 0 radical (unpaired) electrons. The van der Waals surface area contributed by atoms with Crippen molar-refractivity contribution in [3.63, 3.8) is 0 Å². The molecule has 0 atom stereocenters. The molecule has 2 heterocycles. The highest BCUT2D eigenvalue weighted by molar-refractivity contribution is 14.0. The van der Waals surface area contributed by atoms with Gasteiger partial charge in [-0.1, -0.05) is 11.8 Å². The van der Waals surface area contributed by atoms with Gasteiger partial charge in [0.1, 0.15) is 0 Å². The van der Waals surface area contributed by atoms with Gasteiger partial charge in [0.05, 0.1) is 17.1 Å². The fourth-order valence-electron chi connectivity index (χ4n) is 1.39. The van der Waals surface area contributed by atoms with Gasteiger partial charge < -0.3 is 11.1 Å². The highest BCUT2D eigenvalue weighted by atomic mass is 127. The van der Waals surface area contributed by atoms with E-state index in [0.717, 1.165) is 15.4 Å². The van der Waals surface area contributed by atoms with Crippen LogP contribution >= 0.6 is 58.4 Å². The van der Waals surface area contributed by atoms with E-state index < -0.39 is 0 Å². The molecule has 0 saturated carbocycles. The zero-order valence-electron chi connectivity index (χ0n) is 11.5.